The standard InChI is InChI=1S/C18H19N3O3S/c1-3-15(22)19-14-7-4-13(5-8-14)6-9-16(23)20-21-18(24)17-12(2)10-11-25-17/h3-5,7-8,10-11H,1,6,9H2,2H3,(H,19,22)(H,20,23)(H,21,24). The molecule has 6 nitrogen and oxygen atoms in total. The zero-order valence-corrected chi connectivity index (χ0v) is 14.6. The predicted molar refractivity (Wildman–Crippen MR) is 98.3 cm³/mol. The van der Waals surface area contributed by atoms with Gasteiger partial charge in [-0.15, -0.1) is 11.3 Å². The maximum Gasteiger partial charge on any atom is 0.280 e. The molecule has 0 radical (unpaired) electrons. The Kier molecular flexibility index (Phi) is 6.47. The summed E-state index contributed by atoms with van der Waals surface area (Å²) in [5.41, 5.74) is 7.32. The second-order valence-electron chi connectivity index (χ2n) is 5.33. The van der Waals surface area contributed by atoms with Crippen LogP contribution in [0.5, 0.6) is 0 Å². The fourth-order valence-electron chi connectivity index (χ4n) is 2.06. The van der Waals surface area contributed by atoms with Gasteiger partial charge in [0.25, 0.3) is 5.91 Å². The van der Waals surface area contributed by atoms with E-state index in [1.165, 1.54) is 17.4 Å². The minimum Gasteiger partial charge on any atom is -0.323 e. The summed E-state index contributed by atoms with van der Waals surface area (Å²) in [6, 6.07) is 9.04. The van der Waals surface area contributed by atoms with Gasteiger partial charge in [-0.3, -0.25) is 25.2 Å². The number of hydrazine groups is 1. The van der Waals surface area contributed by atoms with E-state index in [-0.39, 0.29) is 24.1 Å². The Labute approximate surface area is 149 Å². The van der Waals surface area contributed by atoms with E-state index in [0.29, 0.717) is 17.0 Å². The molecule has 3 N–H and O–H groups in total. The molecule has 0 saturated heterocycles. The Balaban J connectivity index is 1.76. The number of hydrogen-bond acceptors (Lipinski definition) is 4. The van der Waals surface area contributed by atoms with Gasteiger partial charge in [-0.2, -0.15) is 0 Å². The highest BCUT2D eigenvalue weighted by molar-refractivity contribution is 7.12. The number of aryl methyl sites for hydroxylation is 2. The lowest BCUT2D eigenvalue weighted by Crippen LogP contribution is -2.41. The van der Waals surface area contributed by atoms with Crippen LogP contribution in [0.2, 0.25) is 0 Å². The molecule has 0 fully saturated rings. The molecule has 0 aliphatic carbocycles. The van der Waals surface area contributed by atoms with Crippen LogP contribution in [0.3, 0.4) is 0 Å². The summed E-state index contributed by atoms with van der Waals surface area (Å²) in [6.45, 7) is 5.23. The highest BCUT2D eigenvalue weighted by Crippen LogP contribution is 2.14. The van der Waals surface area contributed by atoms with E-state index in [0.717, 1.165) is 11.1 Å². The first-order valence-corrected chi connectivity index (χ1v) is 8.53. The van der Waals surface area contributed by atoms with Gasteiger partial charge in [0.2, 0.25) is 11.8 Å². The van der Waals surface area contributed by atoms with Crippen LogP contribution in [-0.4, -0.2) is 17.7 Å². The summed E-state index contributed by atoms with van der Waals surface area (Å²) in [6.07, 6.45) is 1.96. The van der Waals surface area contributed by atoms with Crippen molar-refractivity contribution in [3.63, 3.8) is 0 Å². The van der Waals surface area contributed by atoms with Crippen molar-refractivity contribution in [1.82, 2.24) is 10.9 Å². The van der Waals surface area contributed by atoms with Gasteiger partial charge in [0, 0.05) is 12.1 Å². The zero-order valence-electron chi connectivity index (χ0n) is 13.8. The van der Waals surface area contributed by atoms with Gasteiger partial charge in [-0.25, -0.2) is 0 Å². The van der Waals surface area contributed by atoms with E-state index in [1.807, 2.05) is 30.5 Å². The normalized spacial score (nSPS) is 9.96. The van der Waals surface area contributed by atoms with Crippen molar-refractivity contribution in [3.05, 3.63) is 64.4 Å². The second-order valence-corrected chi connectivity index (χ2v) is 6.24. The van der Waals surface area contributed by atoms with Crippen molar-refractivity contribution >= 4 is 34.7 Å². The summed E-state index contributed by atoms with van der Waals surface area (Å²) in [7, 11) is 0. The molecular weight excluding hydrogens is 338 g/mol. The largest absolute Gasteiger partial charge is 0.323 e. The molecule has 7 heteroatoms. The van der Waals surface area contributed by atoms with Gasteiger partial charge in [-0.05, 0) is 54.1 Å². The molecule has 0 saturated carbocycles. The smallest absolute Gasteiger partial charge is 0.280 e. The lowest BCUT2D eigenvalue weighted by Gasteiger charge is -2.08. The number of carbonyl (C=O) groups excluding carboxylic acids is 3. The Morgan fingerprint density at radius 1 is 1.12 bits per heavy atom. The highest BCUT2D eigenvalue weighted by Gasteiger charge is 2.11. The summed E-state index contributed by atoms with van der Waals surface area (Å²) in [4.78, 5) is 35.5. The molecule has 130 valence electrons. The third-order valence-corrected chi connectivity index (χ3v) is 4.45. The number of nitrogens with one attached hydrogen (secondary N) is 3. The van der Waals surface area contributed by atoms with Gasteiger partial charge < -0.3 is 5.32 Å². The van der Waals surface area contributed by atoms with Crippen molar-refractivity contribution in [2.24, 2.45) is 0 Å². The molecule has 1 aromatic heterocycles. The van der Waals surface area contributed by atoms with Crippen molar-refractivity contribution in [2.45, 2.75) is 19.8 Å². The summed E-state index contributed by atoms with van der Waals surface area (Å²) >= 11 is 1.33. The van der Waals surface area contributed by atoms with E-state index in [9.17, 15) is 14.4 Å². The molecule has 2 aromatic rings. The first-order chi connectivity index (χ1) is 12.0. The zero-order chi connectivity index (χ0) is 18.2. The summed E-state index contributed by atoms with van der Waals surface area (Å²) in [5, 5.41) is 4.48. The van der Waals surface area contributed by atoms with Gasteiger partial charge >= 0.3 is 0 Å². The van der Waals surface area contributed by atoms with E-state index in [2.05, 4.69) is 22.7 Å². The lowest BCUT2D eigenvalue weighted by molar-refractivity contribution is -0.121. The quantitative estimate of drug-likeness (QED) is 0.548. The molecular formula is C18H19N3O3S. The molecule has 0 aliphatic heterocycles. The topological polar surface area (TPSA) is 87.3 Å². The van der Waals surface area contributed by atoms with Crippen LogP contribution in [0, 0.1) is 6.92 Å². The van der Waals surface area contributed by atoms with E-state index < -0.39 is 0 Å². The molecule has 0 unspecified atom stereocenters. The molecule has 1 heterocycles. The average Bonchev–Trinajstić information content (AvgIpc) is 3.05. The maximum atomic E-state index is 11.9. The van der Waals surface area contributed by atoms with E-state index in [4.69, 9.17) is 0 Å². The van der Waals surface area contributed by atoms with Crippen LogP contribution in [0.25, 0.3) is 0 Å². The molecule has 0 atom stereocenters. The molecule has 0 bridgehead atoms. The number of hydrogen-bond donors (Lipinski definition) is 3. The number of thiophene rings is 1. The number of anilines is 1. The number of amides is 3. The molecule has 1 aromatic carbocycles. The monoisotopic (exact) mass is 357 g/mol. The molecule has 0 aliphatic rings. The lowest BCUT2D eigenvalue weighted by atomic mass is 10.1. The Morgan fingerprint density at radius 2 is 1.84 bits per heavy atom. The van der Waals surface area contributed by atoms with Crippen molar-refractivity contribution < 1.29 is 14.4 Å². The third kappa shape index (κ3) is 5.58. The third-order valence-electron chi connectivity index (χ3n) is 3.43. The van der Waals surface area contributed by atoms with Gasteiger partial charge in [0.05, 0.1) is 4.88 Å². The van der Waals surface area contributed by atoms with Crippen LogP contribution in [0.15, 0.2) is 48.4 Å². The molecule has 3 amide bonds. The van der Waals surface area contributed by atoms with Crippen molar-refractivity contribution in [1.29, 1.82) is 0 Å². The summed E-state index contributed by atoms with van der Waals surface area (Å²) < 4.78 is 0. The fourth-order valence-corrected chi connectivity index (χ4v) is 2.88. The molecule has 0 spiro atoms. The number of carbonyl (C=O) groups is 3. The molecule has 2 rings (SSSR count). The minimum absolute atomic E-state index is 0.238. The van der Waals surface area contributed by atoms with Crippen molar-refractivity contribution in [2.75, 3.05) is 5.32 Å². The SMILES string of the molecule is C=CC(=O)Nc1ccc(CCC(=O)NNC(=O)c2sccc2C)cc1. The molecule has 25 heavy (non-hydrogen) atoms. The fraction of sp³-hybridized carbons (Fsp3) is 0.167. The van der Waals surface area contributed by atoms with Crippen LogP contribution in [0.1, 0.15) is 27.2 Å². The van der Waals surface area contributed by atoms with Gasteiger partial charge in [-0.1, -0.05) is 18.7 Å². The number of benzene rings is 1. The Bertz CT molecular complexity index is 781. The summed E-state index contributed by atoms with van der Waals surface area (Å²) in [5.74, 6) is -0.862. The average molecular weight is 357 g/mol. The highest BCUT2D eigenvalue weighted by atomic mass is 32.1. The van der Waals surface area contributed by atoms with Crippen LogP contribution < -0.4 is 16.2 Å². The van der Waals surface area contributed by atoms with E-state index in [1.54, 1.807) is 12.1 Å². The first kappa shape index (κ1) is 18.4. The first-order valence-electron chi connectivity index (χ1n) is 7.65. The van der Waals surface area contributed by atoms with Crippen LogP contribution in [0.4, 0.5) is 5.69 Å². The second kappa shape index (κ2) is 8.79. The van der Waals surface area contributed by atoms with Crippen molar-refractivity contribution in [3.8, 4) is 0 Å². The Hall–Kier alpha value is -2.93. The van der Waals surface area contributed by atoms with Crippen LogP contribution in [-0.2, 0) is 16.0 Å². The number of rotatable bonds is 6. The van der Waals surface area contributed by atoms with Gasteiger partial charge in [0.15, 0.2) is 0 Å². The maximum absolute atomic E-state index is 11.9. The minimum atomic E-state index is -0.317. The van der Waals surface area contributed by atoms with Gasteiger partial charge in [0.1, 0.15) is 0 Å². The predicted octanol–water partition coefficient (Wildman–Crippen LogP) is 2.57. The van der Waals surface area contributed by atoms with Crippen LogP contribution >= 0.6 is 11.3 Å². The Morgan fingerprint density at radius 3 is 2.44 bits per heavy atom. The van der Waals surface area contributed by atoms with E-state index >= 15 is 0 Å².